The number of hydrogen-bond donors (Lipinski definition) is 2. The van der Waals surface area contributed by atoms with Crippen molar-refractivity contribution < 1.29 is 8.42 Å². The highest BCUT2D eigenvalue weighted by molar-refractivity contribution is 7.89. The SMILES string of the molecule is CCCNCc1cc(S(=O)(=O)N2CCCC(C)C2C)c[nH]1. The molecule has 0 spiro atoms. The summed E-state index contributed by atoms with van der Waals surface area (Å²) >= 11 is 0. The quantitative estimate of drug-likeness (QED) is 0.792. The molecule has 1 aromatic rings. The van der Waals surface area contributed by atoms with Crippen molar-refractivity contribution in [3.8, 4) is 0 Å². The number of piperidine rings is 1. The summed E-state index contributed by atoms with van der Waals surface area (Å²) in [4.78, 5) is 3.45. The lowest BCUT2D eigenvalue weighted by Gasteiger charge is -2.36. The summed E-state index contributed by atoms with van der Waals surface area (Å²) in [5.41, 5.74) is 0.916. The van der Waals surface area contributed by atoms with Crippen molar-refractivity contribution in [1.82, 2.24) is 14.6 Å². The van der Waals surface area contributed by atoms with E-state index in [1.165, 1.54) is 0 Å². The van der Waals surface area contributed by atoms with E-state index in [4.69, 9.17) is 0 Å². The van der Waals surface area contributed by atoms with Crippen molar-refractivity contribution in [2.75, 3.05) is 13.1 Å². The normalized spacial score (nSPS) is 24.3. The molecule has 0 amide bonds. The second kappa shape index (κ2) is 6.94. The number of H-pyrrole nitrogens is 1. The van der Waals surface area contributed by atoms with E-state index in [1.54, 1.807) is 16.6 Å². The van der Waals surface area contributed by atoms with Crippen LogP contribution in [0.4, 0.5) is 0 Å². The van der Waals surface area contributed by atoms with Crippen LogP contribution in [-0.2, 0) is 16.6 Å². The third kappa shape index (κ3) is 3.67. The maximum absolute atomic E-state index is 12.8. The Balaban J connectivity index is 2.12. The topological polar surface area (TPSA) is 65.2 Å². The van der Waals surface area contributed by atoms with Crippen LogP contribution in [0.5, 0.6) is 0 Å². The third-order valence-electron chi connectivity index (χ3n) is 4.38. The molecule has 0 saturated carbocycles. The van der Waals surface area contributed by atoms with Gasteiger partial charge in [-0.15, -0.1) is 0 Å². The molecular formula is C15H27N3O2S. The van der Waals surface area contributed by atoms with Crippen LogP contribution >= 0.6 is 0 Å². The summed E-state index contributed by atoms with van der Waals surface area (Å²) in [7, 11) is -3.38. The van der Waals surface area contributed by atoms with E-state index in [0.29, 0.717) is 23.9 Å². The van der Waals surface area contributed by atoms with Crippen molar-refractivity contribution in [3.63, 3.8) is 0 Å². The average molecular weight is 313 g/mol. The van der Waals surface area contributed by atoms with Gasteiger partial charge in [-0.05, 0) is 44.7 Å². The first-order valence-electron chi connectivity index (χ1n) is 7.86. The summed E-state index contributed by atoms with van der Waals surface area (Å²) in [6, 6.07) is 1.82. The molecule has 21 heavy (non-hydrogen) atoms. The Kier molecular flexibility index (Phi) is 5.46. The van der Waals surface area contributed by atoms with Crippen LogP contribution < -0.4 is 5.32 Å². The molecule has 1 saturated heterocycles. The van der Waals surface area contributed by atoms with Crippen LogP contribution in [0.3, 0.4) is 0 Å². The highest BCUT2D eigenvalue weighted by Gasteiger charge is 2.34. The van der Waals surface area contributed by atoms with Crippen LogP contribution in [0.2, 0.25) is 0 Å². The van der Waals surface area contributed by atoms with Gasteiger partial charge in [-0.25, -0.2) is 8.42 Å². The van der Waals surface area contributed by atoms with E-state index in [9.17, 15) is 8.42 Å². The fraction of sp³-hybridized carbons (Fsp3) is 0.733. The van der Waals surface area contributed by atoms with E-state index in [0.717, 1.165) is 31.5 Å². The highest BCUT2D eigenvalue weighted by Crippen LogP contribution is 2.28. The maximum Gasteiger partial charge on any atom is 0.244 e. The molecule has 0 bridgehead atoms. The van der Waals surface area contributed by atoms with E-state index in [1.807, 2.05) is 6.92 Å². The van der Waals surface area contributed by atoms with Gasteiger partial charge in [0, 0.05) is 31.0 Å². The summed E-state index contributed by atoms with van der Waals surface area (Å²) in [5.74, 6) is 0.415. The van der Waals surface area contributed by atoms with Crippen LogP contribution in [-0.4, -0.2) is 36.8 Å². The van der Waals surface area contributed by atoms with Gasteiger partial charge in [0.15, 0.2) is 0 Å². The first-order valence-corrected chi connectivity index (χ1v) is 9.30. The van der Waals surface area contributed by atoms with E-state index >= 15 is 0 Å². The summed E-state index contributed by atoms with van der Waals surface area (Å²) in [6.45, 7) is 8.48. The molecule has 2 atom stereocenters. The van der Waals surface area contributed by atoms with E-state index in [2.05, 4.69) is 24.1 Å². The third-order valence-corrected chi connectivity index (χ3v) is 6.34. The monoisotopic (exact) mass is 313 g/mol. The van der Waals surface area contributed by atoms with Crippen molar-refractivity contribution in [3.05, 3.63) is 18.0 Å². The second-order valence-electron chi connectivity index (χ2n) is 6.01. The molecule has 2 N–H and O–H groups in total. The predicted octanol–water partition coefficient (Wildman–Crippen LogP) is 2.32. The fourth-order valence-electron chi connectivity index (χ4n) is 2.84. The smallest absolute Gasteiger partial charge is 0.244 e. The highest BCUT2D eigenvalue weighted by atomic mass is 32.2. The number of rotatable bonds is 6. The zero-order valence-corrected chi connectivity index (χ0v) is 14.0. The van der Waals surface area contributed by atoms with Crippen molar-refractivity contribution >= 4 is 10.0 Å². The Morgan fingerprint density at radius 2 is 2.19 bits per heavy atom. The number of sulfonamides is 1. The lowest BCUT2D eigenvalue weighted by atomic mass is 9.94. The van der Waals surface area contributed by atoms with Gasteiger partial charge in [0.1, 0.15) is 0 Å². The Labute approximate surface area is 128 Å². The number of nitrogens with zero attached hydrogens (tertiary/aromatic N) is 1. The molecule has 2 rings (SSSR count). The molecule has 0 aliphatic carbocycles. The average Bonchev–Trinajstić information content (AvgIpc) is 2.91. The van der Waals surface area contributed by atoms with Gasteiger partial charge >= 0.3 is 0 Å². The number of aromatic amines is 1. The first kappa shape index (κ1) is 16.5. The molecule has 0 radical (unpaired) electrons. The molecule has 2 heterocycles. The first-order chi connectivity index (χ1) is 9.96. The van der Waals surface area contributed by atoms with Crippen LogP contribution in [0.1, 0.15) is 45.7 Å². The van der Waals surface area contributed by atoms with E-state index in [-0.39, 0.29) is 6.04 Å². The van der Waals surface area contributed by atoms with Crippen LogP contribution in [0, 0.1) is 5.92 Å². The molecule has 2 unspecified atom stereocenters. The van der Waals surface area contributed by atoms with Crippen molar-refractivity contribution in [2.45, 2.75) is 57.5 Å². The summed E-state index contributed by atoms with van der Waals surface area (Å²) in [6.07, 6.45) is 4.73. The molecule has 5 nitrogen and oxygen atoms in total. The fourth-order valence-corrected chi connectivity index (χ4v) is 4.63. The zero-order chi connectivity index (χ0) is 15.5. The summed E-state index contributed by atoms with van der Waals surface area (Å²) in [5, 5.41) is 3.27. The second-order valence-corrected chi connectivity index (χ2v) is 7.90. The van der Waals surface area contributed by atoms with Gasteiger partial charge in [-0.3, -0.25) is 0 Å². The number of nitrogens with one attached hydrogen (secondary N) is 2. The molecule has 6 heteroatoms. The van der Waals surface area contributed by atoms with Crippen LogP contribution in [0.25, 0.3) is 0 Å². The maximum atomic E-state index is 12.8. The molecule has 1 fully saturated rings. The Hall–Kier alpha value is -0.850. The minimum absolute atomic E-state index is 0.0697. The predicted molar refractivity (Wildman–Crippen MR) is 84.5 cm³/mol. The zero-order valence-electron chi connectivity index (χ0n) is 13.2. The van der Waals surface area contributed by atoms with E-state index < -0.39 is 10.0 Å². The summed E-state index contributed by atoms with van der Waals surface area (Å²) < 4.78 is 27.2. The molecule has 1 aliphatic heterocycles. The van der Waals surface area contributed by atoms with Crippen molar-refractivity contribution in [2.24, 2.45) is 5.92 Å². The minimum Gasteiger partial charge on any atom is -0.363 e. The number of hydrogen-bond acceptors (Lipinski definition) is 3. The van der Waals surface area contributed by atoms with Crippen LogP contribution in [0.15, 0.2) is 17.2 Å². The van der Waals surface area contributed by atoms with Crippen molar-refractivity contribution in [1.29, 1.82) is 0 Å². The largest absolute Gasteiger partial charge is 0.363 e. The minimum atomic E-state index is -3.38. The standard InChI is InChI=1S/C15H27N3O2S/c1-4-7-16-10-14-9-15(11-17-14)21(19,20)18-8-5-6-12(2)13(18)3/h9,11-13,16-17H,4-8,10H2,1-3H3. The molecule has 1 aromatic heterocycles. The van der Waals surface area contributed by atoms with Gasteiger partial charge in [0.05, 0.1) is 4.90 Å². The lowest BCUT2D eigenvalue weighted by Crippen LogP contribution is -2.45. The van der Waals surface area contributed by atoms with Gasteiger partial charge in [-0.2, -0.15) is 4.31 Å². The molecule has 1 aliphatic rings. The van der Waals surface area contributed by atoms with Gasteiger partial charge in [-0.1, -0.05) is 13.8 Å². The van der Waals surface area contributed by atoms with Gasteiger partial charge in [0.2, 0.25) is 10.0 Å². The molecule has 0 aromatic carbocycles. The Morgan fingerprint density at radius 3 is 2.90 bits per heavy atom. The lowest BCUT2D eigenvalue weighted by molar-refractivity contribution is 0.202. The van der Waals surface area contributed by atoms with Gasteiger partial charge < -0.3 is 10.3 Å². The van der Waals surface area contributed by atoms with Gasteiger partial charge in [0.25, 0.3) is 0 Å². The number of aromatic nitrogens is 1. The Bertz CT molecular complexity index is 553. The molecule has 120 valence electrons. The Morgan fingerprint density at radius 1 is 1.43 bits per heavy atom. The molecular weight excluding hydrogens is 286 g/mol.